The highest BCUT2D eigenvalue weighted by atomic mass is 32.1. The van der Waals surface area contributed by atoms with E-state index >= 15 is 0 Å². The number of nitrogen functional groups attached to an aromatic ring is 1. The lowest BCUT2D eigenvalue weighted by molar-refractivity contribution is 0.104. The molecular weight excluding hydrogens is 334 g/mol. The summed E-state index contributed by atoms with van der Waals surface area (Å²) in [6.45, 7) is 0. The van der Waals surface area contributed by atoms with Crippen LogP contribution in [0, 0.1) is 5.92 Å². The predicted octanol–water partition coefficient (Wildman–Crippen LogP) is 4.97. The zero-order chi connectivity index (χ0) is 16.5. The number of rotatable bonds is 4. The summed E-state index contributed by atoms with van der Waals surface area (Å²) in [5, 5.41) is 2.64. The summed E-state index contributed by atoms with van der Waals surface area (Å²) < 4.78 is 0. The van der Waals surface area contributed by atoms with Crippen molar-refractivity contribution in [2.45, 2.75) is 25.7 Å². The smallest absolute Gasteiger partial charge is 0.206 e. The molecule has 0 radical (unpaired) electrons. The second-order valence-corrected chi connectivity index (χ2v) is 8.43. The van der Waals surface area contributed by atoms with E-state index in [0.29, 0.717) is 10.9 Å². The van der Waals surface area contributed by atoms with Gasteiger partial charge in [0.25, 0.3) is 0 Å². The number of fused-ring (bicyclic) bond motifs is 1. The number of anilines is 1. The van der Waals surface area contributed by atoms with Crippen molar-refractivity contribution in [2.24, 2.45) is 5.92 Å². The van der Waals surface area contributed by atoms with Crippen LogP contribution in [0.4, 0.5) is 5.00 Å². The zero-order valence-corrected chi connectivity index (χ0v) is 15.0. The molecule has 0 saturated carbocycles. The molecule has 122 valence electrons. The van der Waals surface area contributed by atoms with E-state index in [1.807, 2.05) is 17.5 Å². The molecule has 2 N–H and O–H groups in total. The van der Waals surface area contributed by atoms with E-state index < -0.39 is 0 Å². The molecule has 0 saturated heterocycles. The van der Waals surface area contributed by atoms with Gasteiger partial charge in [-0.3, -0.25) is 4.79 Å². The van der Waals surface area contributed by atoms with Crippen LogP contribution in [0.15, 0.2) is 47.8 Å². The number of carbonyl (C=O) groups is 1. The summed E-state index contributed by atoms with van der Waals surface area (Å²) in [4.78, 5) is 14.9. The number of thiophene rings is 2. The van der Waals surface area contributed by atoms with Crippen molar-refractivity contribution in [1.82, 2.24) is 0 Å². The SMILES string of the molecule is Nc1sc2c(c1C(=O)c1cccs1)CCC(Cc1ccccc1)C2. The van der Waals surface area contributed by atoms with Crippen LogP contribution in [0.1, 0.15) is 37.7 Å². The van der Waals surface area contributed by atoms with Crippen molar-refractivity contribution in [3.8, 4) is 0 Å². The monoisotopic (exact) mass is 353 g/mol. The highest BCUT2D eigenvalue weighted by Gasteiger charge is 2.28. The molecule has 2 nitrogen and oxygen atoms in total. The summed E-state index contributed by atoms with van der Waals surface area (Å²) >= 11 is 3.11. The Morgan fingerprint density at radius 3 is 2.75 bits per heavy atom. The van der Waals surface area contributed by atoms with Crippen LogP contribution in [-0.2, 0) is 19.3 Å². The quantitative estimate of drug-likeness (QED) is 0.673. The molecule has 0 amide bonds. The van der Waals surface area contributed by atoms with Gasteiger partial charge in [0.05, 0.1) is 15.4 Å². The van der Waals surface area contributed by atoms with Crippen molar-refractivity contribution < 1.29 is 4.79 Å². The Morgan fingerprint density at radius 2 is 2.00 bits per heavy atom. The molecular formula is C20H19NOS2. The van der Waals surface area contributed by atoms with Crippen molar-refractivity contribution in [2.75, 3.05) is 5.73 Å². The molecule has 4 rings (SSSR count). The average molecular weight is 354 g/mol. The first-order valence-corrected chi connectivity index (χ1v) is 9.94. The number of nitrogens with two attached hydrogens (primary N) is 1. The van der Waals surface area contributed by atoms with Crippen molar-refractivity contribution in [1.29, 1.82) is 0 Å². The molecule has 0 fully saturated rings. The highest BCUT2D eigenvalue weighted by Crippen LogP contribution is 2.40. The Hall–Kier alpha value is -1.91. The Labute approximate surface area is 150 Å². The second-order valence-electron chi connectivity index (χ2n) is 6.35. The fourth-order valence-electron chi connectivity index (χ4n) is 3.58. The van der Waals surface area contributed by atoms with Crippen LogP contribution in [0.5, 0.6) is 0 Å². The average Bonchev–Trinajstić information content (AvgIpc) is 3.22. The molecule has 0 aliphatic heterocycles. The van der Waals surface area contributed by atoms with Crippen LogP contribution in [-0.4, -0.2) is 5.78 Å². The topological polar surface area (TPSA) is 43.1 Å². The Kier molecular flexibility index (Phi) is 4.25. The Morgan fingerprint density at radius 1 is 1.17 bits per heavy atom. The zero-order valence-electron chi connectivity index (χ0n) is 13.3. The first-order valence-electron chi connectivity index (χ1n) is 8.24. The fraction of sp³-hybridized carbons (Fsp3) is 0.250. The third-order valence-corrected chi connectivity index (χ3v) is 6.69. The molecule has 24 heavy (non-hydrogen) atoms. The van der Waals surface area contributed by atoms with E-state index in [9.17, 15) is 4.79 Å². The molecule has 4 heteroatoms. The van der Waals surface area contributed by atoms with Gasteiger partial charge in [0.1, 0.15) is 0 Å². The van der Waals surface area contributed by atoms with Crippen molar-refractivity contribution in [3.63, 3.8) is 0 Å². The van der Waals surface area contributed by atoms with Gasteiger partial charge in [0.2, 0.25) is 5.78 Å². The minimum Gasteiger partial charge on any atom is -0.390 e. The Balaban J connectivity index is 1.58. The van der Waals surface area contributed by atoms with E-state index in [4.69, 9.17) is 5.73 Å². The number of ketones is 1. The molecule has 2 aromatic heterocycles. The van der Waals surface area contributed by atoms with E-state index in [1.165, 1.54) is 27.3 Å². The molecule has 3 aromatic rings. The van der Waals surface area contributed by atoms with Crippen molar-refractivity contribution >= 4 is 33.5 Å². The maximum atomic E-state index is 12.8. The van der Waals surface area contributed by atoms with Gasteiger partial charge >= 0.3 is 0 Å². The minimum absolute atomic E-state index is 0.0986. The normalized spacial score (nSPS) is 16.8. The summed E-state index contributed by atoms with van der Waals surface area (Å²) in [5.74, 6) is 0.740. The maximum Gasteiger partial charge on any atom is 0.206 e. The van der Waals surface area contributed by atoms with E-state index in [0.717, 1.165) is 36.1 Å². The molecule has 1 aliphatic rings. The van der Waals surface area contributed by atoms with Crippen LogP contribution >= 0.6 is 22.7 Å². The first kappa shape index (κ1) is 15.6. The third kappa shape index (κ3) is 2.92. The molecule has 0 spiro atoms. The molecule has 0 bridgehead atoms. The lowest BCUT2D eigenvalue weighted by Gasteiger charge is -2.22. The van der Waals surface area contributed by atoms with Gasteiger partial charge in [-0.25, -0.2) is 0 Å². The summed E-state index contributed by atoms with van der Waals surface area (Å²) in [7, 11) is 0. The van der Waals surface area contributed by atoms with E-state index in [-0.39, 0.29) is 5.78 Å². The second kappa shape index (κ2) is 6.54. The van der Waals surface area contributed by atoms with Crippen LogP contribution < -0.4 is 5.73 Å². The third-order valence-electron chi connectivity index (χ3n) is 4.73. The summed E-state index contributed by atoms with van der Waals surface area (Å²) in [5.41, 5.74) is 9.60. The molecule has 1 unspecified atom stereocenters. The lowest BCUT2D eigenvalue weighted by atomic mass is 9.83. The molecule has 2 heterocycles. The highest BCUT2D eigenvalue weighted by molar-refractivity contribution is 7.17. The number of hydrogen-bond acceptors (Lipinski definition) is 4. The number of carbonyl (C=O) groups excluding carboxylic acids is 1. The standard InChI is InChI=1S/C20H19NOS2/c21-20-18(19(22)16-7-4-10-23-16)15-9-8-14(12-17(15)24-20)11-13-5-2-1-3-6-13/h1-7,10,14H,8-9,11-12,21H2. The molecule has 1 atom stereocenters. The van der Waals surface area contributed by atoms with E-state index in [1.54, 1.807) is 11.3 Å². The van der Waals surface area contributed by atoms with Gasteiger partial charge in [-0.1, -0.05) is 36.4 Å². The van der Waals surface area contributed by atoms with Gasteiger partial charge < -0.3 is 5.73 Å². The number of hydrogen-bond donors (Lipinski definition) is 1. The fourth-order valence-corrected chi connectivity index (χ4v) is 5.48. The van der Waals surface area contributed by atoms with Gasteiger partial charge in [-0.05, 0) is 54.2 Å². The van der Waals surface area contributed by atoms with E-state index in [2.05, 4.69) is 30.3 Å². The molecule has 1 aromatic carbocycles. The number of benzene rings is 1. The van der Waals surface area contributed by atoms with Crippen LogP contribution in [0.2, 0.25) is 0 Å². The van der Waals surface area contributed by atoms with Crippen LogP contribution in [0.25, 0.3) is 0 Å². The first-order chi connectivity index (χ1) is 11.7. The summed E-state index contributed by atoms with van der Waals surface area (Å²) in [6.07, 6.45) is 4.23. The van der Waals surface area contributed by atoms with Crippen molar-refractivity contribution in [3.05, 3.63) is 74.3 Å². The van der Waals surface area contributed by atoms with Gasteiger partial charge in [0, 0.05) is 4.88 Å². The largest absolute Gasteiger partial charge is 0.390 e. The van der Waals surface area contributed by atoms with Gasteiger partial charge in [-0.2, -0.15) is 0 Å². The van der Waals surface area contributed by atoms with Gasteiger partial charge in [0.15, 0.2) is 0 Å². The molecule has 1 aliphatic carbocycles. The lowest BCUT2D eigenvalue weighted by Crippen LogP contribution is -2.16. The minimum atomic E-state index is 0.0986. The predicted molar refractivity (Wildman–Crippen MR) is 102 cm³/mol. The maximum absolute atomic E-state index is 12.8. The summed E-state index contributed by atoms with van der Waals surface area (Å²) in [6, 6.07) is 14.5. The Bertz CT molecular complexity index is 849. The van der Waals surface area contributed by atoms with Crippen LogP contribution in [0.3, 0.4) is 0 Å². The van der Waals surface area contributed by atoms with Gasteiger partial charge in [-0.15, -0.1) is 22.7 Å².